The third kappa shape index (κ3) is 2.48. The number of rotatable bonds is 3. The number of nitrogens with zero attached hydrogens (tertiary/aromatic N) is 2. The van der Waals surface area contributed by atoms with Gasteiger partial charge in [0.05, 0.1) is 16.7 Å². The number of anilines is 1. The Morgan fingerprint density at radius 1 is 1.30 bits per heavy atom. The van der Waals surface area contributed by atoms with Gasteiger partial charge in [0.1, 0.15) is 0 Å². The first kappa shape index (κ1) is 14.3. The molecule has 0 aromatic carbocycles. The minimum Gasteiger partial charge on any atom is -0.388 e. The predicted molar refractivity (Wildman–Crippen MR) is 84.5 cm³/mol. The molecule has 2 aliphatic rings. The van der Waals surface area contributed by atoms with Crippen LogP contribution < -0.4 is 4.90 Å². The molecular formula is C16H26N2OS. The first-order chi connectivity index (χ1) is 9.67. The molecule has 0 amide bonds. The van der Waals surface area contributed by atoms with Gasteiger partial charge >= 0.3 is 0 Å². The second-order valence-electron chi connectivity index (χ2n) is 6.41. The fourth-order valence-corrected chi connectivity index (χ4v) is 4.83. The first-order valence-corrected chi connectivity index (χ1v) is 8.92. The van der Waals surface area contributed by atoms with E-state index in [0.717, 1.165) is 48.1 Å². The average Bonchev–Trinajstić information content (AvgIpc) is 2.93. The van der Waals surface area contributed by atoms with Crippen LogP contribution in [0, 0.1) is 5.41 Å². The van der Waals surface area contributed by atoms with E-state index < -0.39 is 0 Å². The maximum absolute atomic E-state index is 10.1. The zero-order chi connectivity index (χ0) is 14.2. The normalized spacial score (nSPS) is 25.6. The van der Waals surface area contributed by atoms with Crippen LogP contribution in [0.4, 0.5) is 5.13 Å². The molecule has 4 heteroatoms. The Morgan fingerprint density at radius 3 is 2.60 bits per heavy atom. The minimum absolute atomic E-state index is 0.264. The van der Waals surface area contributed by atoms with Crippen LogP contribution in [0.5, 0.6) is 0 Å². The van der Waals surface area contributed by atoms with E-state index in [-0.39, 0.29) is 6.10 Å². The average molecular weight is 294 g/mol. The molecule has 20 heavy (non-hydrogen) atoms. The van der Waals surface area contributed by atoms with Crippen LogP contribution in [0.1, 0.15) is 69.0 Å². The molecule has 3 nitrogen and oxygen atoms in total. The van der Waals surface area contributed by atoms with Gasteiger partial charge in [0.25, 0.3) is 0 Å². The lowest BCUT2D eigenvalue weighted by molar-refractivity contribution is 0.160. The topological polar surface area (TPSA) is 36.4 Å². The van der Waals surface area contributed by atoms with Crippen molar-refractivity contribution in [2.45, 2.75) is 64.9 Å². The number of aryl methyl sites for hydroxylation is 1. The highest BCUT2D eigenvalue weighted by molar-refractivity contribution is 7.15. The van der Waals surface area contributed by atoms with E-state index in [2.05, 4.69) is 18.7 Å². The molecule has 0 radical (unpaired) electrons. The highest BCUT2D eigenvalue weighted by Crippen LogP contribution is 2.42. The quantitative estimate of drug-likeness (QED) is 0.918. The number of fused-ring (bicyclic) bond motifs is 1. The van der Waals surface area contributed by atoms with Crippen molar-refractivity contribution in [3.8, 4) is 0 Å². The lowest BCUT2D eigenvalue weighted by Gasteiger charge is -2.41. The van der Waals surface area contributed by atoms with Crippen LogP contribution in [-0.2, 0) is 6.42 Å². The molecule has 1 fully saturated rings. The number of piperidine rings is 1. The molecule has 1 aromatic rings. The molecule has 1 aromatic heterocycles. The van der Waals surface area contributed by atoms with Crippen molar-refractivity contribution in [3.63, 3.8) is 0 Å². The SMILES string of the molecule is CCC1(CC)CCN(c2nc3c(s2)C(O)CCC3)CC1. The van der Waals surface area contributed by atoms with Gasteiger partial charge in [-0.3, -0.25) is 0 Å². The van der Waals surface area contributed by atoms with Crippen LogP contribution in [0.2, 0.25) is 0 Å². The predicted octanol–water partition coefficient (Wildman–Crippen LogP) is 3.92. The van der Waals surface area contributed by atoms with Gasteiger partial charge in [-0.2, -0.15) is 0 Å². The smallest absolute Gasteiger partial charge is 0.185 e. The van der Waals surface area contributed by atoms with Crippen molar-refractivity contribution in [2.24, 2.45) is 5.41 Å². The summed E-state index contributed by atoms with van der Waals surface area (Å²) >= 11 is 1.73. The summed E-state index contributed by atoms with van der Waals surface area (Å²) in [6.45, 7) is 6.92. The maximum atomic E-state index is 10.1. The second kappa shape index (κ2) is 5.64. The minimum atomic E-state index is -0.264. The summed E-state index contributed by atoms with van der Waals surface area (Å²) in [5.41, 5.74) is 1.72. The Labute approximate surface area is 126 Å². The zero-order valence-corrected chi connectivity index (χ0v) is 13.5. The number of thiazole rings is 1. The Kier molecular flexibility index (Phi) is 4.04. The monoisotopic (exact) mass is 294 g/mol. The van der Waals surface area contributed by atoms with E-state index in [1.54, 1.807) is 11.3 Å². The third-order valence-electron chi connectivity index (χ3n) is 5.50. The number of aliphatic hydroxyl groups is 1. The number of hydrogen-bond donors (Lipinski definition) is 1. The Morgan fingerprint density at radius 2 is 2.00 bits per heavy atom. The van der Waals surface area contributed by atoms with Crippen LogP contribution in [0.25, 0.3) is 0 Å². The number of hydrogen-bond acceptors (Lipinski definition) is 4. The summed E-state index contributed by atoms with van der Waals surface area (Å²) in [6.07, 6.45) is 7.93. The molecule has 1 atom stereocenters. The summed E-state index contributed by atoms with van der Waals surface area (Å²) in [6, 6.07) is 0. The van der Waals surface area contributed by atoms with Gasteiger partial charge in [-0.15, -0.1) is 0 Å². The molecule has 1 aliphatic heterocycles. The Hall–Kier alpha value is -0.610. The summed E-state index contributed by atoms with van der Waals surface area (Å²) in [5, 5.41) is 11.2. The lowest BCUT2D eigenvalue weighted by Crippen LogP contribution is -2.39. The molecule has 0 saturated carbocycles. The summed E-state index contributed by atoms with van der Waals surface area (Å²) in [5.74, 6) is 0. The summed E-state index contributed by atoms with van der Waals surface area (Å²) in [4.78, 5) is 8.39. The van der Waals surface area contributed by atoms with Gasteiger partial charge in [-0.25, -0.2) is 4.98 Å². The van der Waals surface area contributed by atoms with E-state index in [9.17, 15) is 5.11 Å². The Balaban J connectivity index is 1.72. The molecular weight excluding hydrogens is 268 g/mol. The standard InChI is InChI=1S/C16H26N2OS/c1-3-16(4-2)8-10-18(11-9-16)15-17-12-6-5-7-13(19)14(12)20-15/h13,19H,3-11H2,1-2H3. The van der Waals surface area contributed by atoms with Gasteiger partial charge in [0.2, 0.25) is 0 Å². The van der Waals surface area contributed by atoms with Gasteiger partial charge in [-0.05, 0) is 37.5 Å². The molecule has 1 aliphatic carbocycles. The highest BCUT2D eigenvalue weighted by atomic mass is 32.1. The van der Waals surface area contributed by atoms with Gasteiger partial charge in [0.15, 0.2) is 5.13 Å². The molecule has 1 saturated heterocycles. The number of aliphatic hydroxyl groups excluding tert-OH is 1. The van der Waals surface area contributed by atoms with Crippen molar-refractivity contribution >= 4 is 16.5 Å². The summed E-state index contributed by atoms with van der Waals surface area (Å²) in [7, 11) is 0. The highest BCUT2D eigenvalue weighted by Gasteiger charge is 2.33. The van der Waals surface area contributed by atoms with Crippen molar-refractivity contribution in [1.29, 1.82) is 0 Å². The molecule has 1 unspecified atom stereocenters. The maximum Gasteiger partial charge on any atom is 0.185 e. The Bertz CT molecular complexity index is 457. The summed E-state index contributed by atoms with van der Waals surface area (Å²) < 4.78 is 0. The van der Waals surface area contributed by atoms with Crippen molar-refractivity contribution < 1.29 is 5.11 Å². The fraction of sp³-hybridized carbons (Fsp3) is 0.812. The van der Waals surface area contributed by atoms with Crippen LogP contribution in [0.3, 0.4) is 0 Å². The lowest BCUT2D eigenvalue weighted by atomic mass is 9.74. The van der Waals surface area contributed by atoms with Crippen LogP contribution in [0.15, 0.2) is 0 Å². The molecule has 1 N–H and O–H groups in total. The van der Waals surface area contributed by atoms with Crippen LogP contribution in [-0.4, -0.2) is 23.2 Å². The van der Waals surface area contributed by atoms with E-state index in [1.165, 1.54) is 25.7 Å². The molecule has 0 bridgehead atoms. The van der Waals surface area contributed by atoms with E-state index in [4.69, 9.17) is 4.98 Å². The van der Waals surface area contributed by atoms with Gasteiger partial charge in [0, 0.05) is 13.1 Å². The van der Waals surface area contributed by atoms with Gasteiger partial charge < -0.3 is 10.0 Å². The zero-order valence-electron chi connectivity index (χ0n) is 12.7. The molecule has 112 valence electrons. The van der Waals surface area contributed by atoms with Crippen molar-refractivity contribution in [1.82, 2.24) is 4.98 Å². The van der Waals surface area contributed by atoms with Gasteiger partial charge in [-0.1, -0.05) is 38.0 Å². The van der Waals surface area contributed by atoms with Crippen molar-refractivity contribution in [2.75, 3.05) is 18.0 Å². The molecule has 2 heterocycles. The van der Waals surface area contributed by atoms with Crippen molar-refractivity contribution in [3.05, 3.63) is 10.6 Å². The number of aromatic nitrogens is 1. The largest absolute Gasteiger partial charge is 0.388 e. The molecule has 0 spiro atoms. The third-order valence-corrected chi connectivity index (χ3v) is 6.76. The first-order valence-electron chi connectivity index (χ1n) is 8.10. The fourth-order valence-electron chi connectivity index (χ4n) is 3.65. The van der Waals surface area contributed by atoms with E-state index in [1.807, 2.05) is 0 Å². The second-order valence-corrected chi connectivity index (χ2v) is 7.42. The van der Waals surface area contributed by atoms with E-state index in [0.29, 0.717) is 5.41 Å². The van der Waals surface area contributed by atoms with E-state index >= 15 is 0 Å². The van der Waals surface area contributed by atoms with Crippen LogP contribution >= 0.6 is 11.3 Å². The molecule has 3 rings (SSSR count).